The van der Waals surface area contributed by atoms with Gasteiger partial charge in [-0.05, 0) is 44.0 Å². The van der Waals surface area contributed by atoms with Crippen LogP contribution >= 0.6 is 34.7 Å². The van der Waals surface area contributed by atoms with Crippen LogP contribution in [0.15, 0.2) is 29.4 Å². The summed E-state index contributed by atoms with van der Waals surface area (Å²) in [6, 6.07) is 6.28. The molecule has 31 heavy (non-hydrogen) atoms. The topological polar surface area (TPSA) is 115 Å². The van der Waals surface area contributed by atoms with Crippen molar-refractivity contribution in [2.24, 2.45) is 7.05 Å². The molecule has 1 aromatic carbocycles. The summed E-state index contributed by atoms with van der Waals surface area (Å²) in [7, 11) is 1.80. The first-order chi connectivity index (χ1) is 14.9. The minimum atomic E-state index is -0.369. The van der Waals surface area contributed by atoms with Gasteiger partial charge < -0.3 is 9.88 Å². The Labute approximate surface area is 192 Å². The molecule has 0 spiro atoms. The molecule has 1 aliphatic carbocycles. The van der Waals surface area contributed by atoms with Gasteiger partial charge in [0.2, 0.25) is 11.0 Å². The Bertz CT molecular complexity index is 1100. The van der Waals surface area contributed by atoms with Gasteiger partial charge in [0.25, 0.3) is 5.91 Å². The van der Waals surface area contributed by atoms with Crippen molar-refractivity contribution in [2.45, 2.75) is 36.9 Å². The molecule has 0 saturated heterocycles. The van der Waals surface area contributed by atoms with Crippen molar-refractivity contribution in [3.63, 3.8) is 0 Å². The molecule has 0 bridgehead atoms. The number of carbonyl (C=O) groups is 2. The number of halogens is 1. The summed E-state index contributed by atoms with van der Waals surface area (Å²) in [5.41, 5.74) is 0.506. The molecule has 1 fully saturated rings. The second-order valence-corrected chi connectivity index (χ2v) is 9.55. The predicted molar refractivity (Wildman–Crippen MR) is 120 cm³/mol. The summed E-state index contributed by atoms with van der Waals surface area (Å²) in [4.78, 5) is 24.7. The zero-order chi connectivity index (χ0) is 22.0. The Hall–Kier alpha value is -2.50. The molecule has 1 atom stereocenters. The van der Waals surface area contributed by atoms with Crippen LogP contribution in [0.3, 0.4) is 0 Å². The van der Waals surface area contributed by atoms with Crippen molar-refractivity contribution in [1.29, 1.82) is 0 Å². The molecule has 0 aliphatic heterocycles. The van der Waals surface area contributed by atoms with Crippen LogP contribution in [0, 0.1) is 0 Å². The highest BCUT2D eigenvalue weighted by molar-refractivity contribution is 7.99. The number of hydrogen-bond donors (Lipinski definition) is 2. The van der Waals surface area contributed by atoms with Crippen LogP contribution in [0.1, 0.15) is 52.9 Å². The molecule has 0 radical (unpaired) electrons. The lowest BCUT2D eigenvalue weighted by molar-refractivity contribution is -0.113. The van der Waals surface area contributed by atoms with Gasteiger partial charge in [-0.2, -0.15) is 0 Å². The normalized spacial score (nSPS) is 14.3. The van der Waals surface area contributed by atoms with E-state index in [0.717, 1.165) is 17.8 Å². The maximum absolute atomic E-state index is 12.4. The van der Waals surface area contributed by atoms with Crippen LogP contribution in [0.2, 0.25) is 5.02 Å². The Balaban J connectivity index is 1.30. The maximum atomic E-state index is 12.4. The molecule has 1 saturated carbocycles. The van der Waals surface area contributed by atoms with Crippen molar-refractivity contribution in [1.82, 2.24) is 30.3 Å². The van der Waals surface area contributed by atoms with E-state index in [0.29, 0.717) is 32.6 Å². The van der Waals surface area contributed by atoms with Crippen molar-refractivity contribution >= 4 is 51.6 Å². The van der Waals surface area contributed by atoms with Crippen LogP contribution < -0.4 is 10.6 Å². The smallest absolute Gasteiger partial charge is 0.251 e. The molecule has 2 heterocycles. The summed E-state index contributed by atoms with van der Waals surface area (Å²) >= 11 is 8.55. The number of thioether (sulfide) groups is 1. The van der Waals surface area contributed by atoms with Crippen LogP contribution in [-0.4, -0.2) is 42.5 Å². The molecule has 2 N–H and O–H groups in total. The largest absolute Gasteiger partial charge is 0.342 e. The number of nitrogens with one attached hydrogen (secondary N) is 2. The highest BCUT2D eigenvalue weighted by Crippen LogP contribution is 2.42. The first kappa shape index (κ1) is 21.7. The number of anilines is 1. The maximum Gasteiger partial charge on any atom is 0.251 e. The molecule has 4 rings (SSSR count). The molecule has 2 aromatic heterocycles. The van der Waals surface area contributed by atoms with E-state index in [9.17, 15) is 9.59 Å². The van der Waals surface area contributed by atoms with E-state index < -0.39 is 0 Å². The number of rotatable bonds is 8. The van der Waals surface area contributed by atoms with Crippen LogP contribution in [0.4, 0.5) is 5.13 Å². The van der Waals surface area contributed by atoms with E-state index in [4.69, 9.17) is 11.6 Å². The Morgan fingerprint density at radius 2 is 1.97 bits per heavy atom. The summed E-state index contributed by atoms with van der Waals surface area (Å²) in [6.45, 7) is 1.83. The third-order valence-electron chi connectivity index (χ3n) is 4.66. The quantitative estimate of drug-likeness (QED) is 0.477. The van der Waals surface area contributed by atoms with Gasteiger partial charge in [0.15, 0.2) is 11.0 Å². The Kier molecular flexibility index (Phi) is 6.54. The standard InChI is InChI=1S/C19H20ClN7O2S2/c1-10(21-16(29)11-5-7-13(20)8-6-11)15-23-26-19(27(15)2)30-9-14(28)22-18-25-24-17(31-18)12-3-4-12/h5-8,10,12H,3-4,9H2,1-2H3,(H,21,29)(H,22,25,28)/t10-/m0/s1. The van der Waals surface area contributed by atoms with E-state index in [2.05, 4.69) is 31.0 Å². The van der Waals surface area contributed by atoms with Gasteiger partial charge in [-0.25, -0.2) is 0 Å². The predicted octanol–water partition coefficient (Wildman–Crippen LogP) is 3.42. The van der Waals surface area contributed by atoms with Crippen molar-refractivity contribution in [3.8, 4) is 0 Å². The number of hydrogen-bond acceptors (Lipinski definition) is 8. The van der Waals surface area contributed by atoms with Gasteiger partial charge in [-0.3, -0.25) is 14.9 Å². The first-order valence-corrected chi connectivity index (χ1v) is 11.8. The Morgan fingerprint density at radius 1 is 1.23 bits per heavy atom. The molecular weight excluding hydrogens is 458 g/mol. The fourth-order valence-corrected chi connectivity index (χ4v) is 4.61. The highest BCUT2D eigenvalue weighted by Gasteiger charge is 2.27. The Morgan fingerprint density at radius 3 is 2.68 bits per heavy atom. The fraction of sp³-hybridized carbons (Fsp3) is 0.368. The number of benzene rings is 1. The third-order valence-corrected chi connectivity index (χ3v) is 6.93. The van der Waals surface area contributed by atoms with E-state index in [1.807, 2.05) is 6.92 Å². The summed E-state index contributed by atoms with van der Waals surface area (Å²) in [5, 5.41) is 24.8. The minimum Gasteiger partial charge on any atom is -0.342 e. The molecule has 1 aliphatic rings. The number of carbonyl (C=O) groups excluding carboxylic acids is 2. The summed E-state index contributed by atoms with van der Waals surface area (Å²) in [5.74, 6) is 0.844. The molecule has 12 heteroatoms. The molecule has 9 nitrogen and oxygen atoms in total. The van der Waals surface area contributed by atoms with Gasteiger partial charge >= 0.3 is 0 Å². The van der Waals surface area contributed by atoms with Gasteiger partial charge in [0.1, 0.15) is 5.01 Å². The average molecular weight is 478 g/mol. The van der Waals surface area contributed by atoms with Gasteiger partial charge in [0.05, 0.1) is 11.8 Å². The van der Waals surface area contributed by atoms with E-state index in [1.54, 1.807) is 35.9 Å². The van der Waals surface area contributed by atoms with Crippen molar-refractivity contribution in [2.75, 3.05) is 11.1 Å². The van der Waals surface area contributed by atoms with Crippen LogP contribution in [0.25, 0.3) is 0 Å². The molecule has 2 amide bonds. The lowest BCUT2D eigenvalue weighted by Gasteiger charge is -2.13. The van der Waals surface area contributed by atoms with E-state index >= 15 is 0 Å². The van der Waals surface area contributed by atoms with Gasteiger partial charge in [-0.15, -0.1) is 20.4 Å². The minimum absolute atomic E-state index is 0.163. The van der Waals surface area contributed by atoms with Crippen molar-refractivity contribution in [3.05, 3.63) is 45.7 Å². The highest BCUT2D eigenvalue weighted by atomic mass is 35.5. The lowest BCUT2D eigenvalue weighted by atomic mass is 10.2. The average Bonchev–Trinajstić information content (AvgIpc) is 3.38. The number of amides is 2. The fourth-order valence-electron chi connectivity index (χ4n) is 2.84. The number of aromatic nitrogens is 5. The van der Waals surface area contributed by atoms with E-state index in [1.165, 1.54) is 23.1 Å². The second kappa shape index (κ2) is 9.33. The van der Waals surface area contributed by atoms with Crippen molar-refractivity contribution < 1.29 is 9.59 Å². The monoisotopic (exact) mass is 477 g/mol. The molecule has 3 aromatic rings. The van der Waals surface area contributed by atoms with Gasteiger partial charge in [-0.1, -0.05) is 34.7 Å². The zero-order valence-electron chi connectivity index (χ0n) is 16.8. The summed E-state index contributed by atoms with van der Waals surface area (Å²) in [6.07, 6.45) is 2.29. The van der Waals surface area contributed by atoms with E-state index in [-0.39, 0.29) is 23.6 Å². The van der Waals surface area contributed by atoms with Crippen LogP contribution in [0.5, 0.6) is 0 Å². The lowest BCUT2D eigenvalue weighted by Crippen LogP contribution is -2.28. The second-order valence-electron chi connectivity index (χ2n) is 7.16. The molecular formula is C19H20ClN7O2S2. The number of nitrogens with zero attached hydrogens (tertiary/aromatic N) is 5. The zero-order valence-corrected chi connectivity index (χ0v) is 19.2. The summed E-state index contributed by atoms with van der Waals surface area (Å²) < 4.78 is 1.76. The molecule has 162 valence electrons. The third kappa shape index (κ3) is 5.41. The van der Waals surface area contributed by atoms with Crippen LogP contribution in [-0.2, 0) is 11.8 Å². The first-order valence-electron chi connectivity index (χ1n) is 9.62. The van der Waals surface area contributed by atoms with Gasteiger partial charge in [0, 0.05) is 23.6 Å². The SMILES string of the molecule is C[C@H](NC(=O)c1ccc(Cl)cc1)c1nnc(SCC(=O)Nc2nnc(C3CC3)s2)n1C. The molecule has 0 unspecified atom stereocenters.